The summed E-state index contributed by atoms with van der Waals surface area (Å²) in [4.78, 5) is 19.5. The third-order valence-corrected chi connectivity index (χ3v) is 5.77. The van der Waals surface area contributed by atoms with Gasteiger partial charge >= 0.3 is 0 Å². The summed E-state index contributed by atoms with van der Waals surface area (Å²) in [6.45, 7) is 14.9. The van der Waals surface area contributed by atoms with Crippen molar-refractivity contribution in [1.29, 1.82) is 0 Å². The molecule has 2 aromatic rings. The van der Waals surface area contributed by atoms with Crippen LogP contribution in [0, 0.1) is 6.92 Å². The third kappa shape index (κ3) is 4.81. The van der Waals surface area contributed by atoms with E-state index in [1.807, 2.05) is 17.9 Å². The number of anilines is 1. The quantitative estimate of drug-likeness (QED) is 0.684. The standard InChI is InChI=1S/C23H35N5O/c1-5-13-27(22(29)6-2)18-21-19(4)24-28(20-11-9-8-10-12-20)23(21)26-16-14-25(7-3)15-17-26/h8-12H,5-7,13-18H2,1-4H3. The molecule has 0 saturated carbocycles. The molecule has 158 valence electrons. The molecule has 3 rings (SSSR count). The fourth-order valence-electron chi connectivity index (χ4n) is 4.06. The lowest BCUT2D eigenvalue weighted by atomic mass is 10.1. The minimum Gasteiger partial charge on any atom is -0.354 e. The fourth-order valence-corrected chi connectivity index (χ4v) is 4.06. The molecule has 0 bridgehead atoms. The summed E-state index contributed by atoms with van der Waals surface area (Å²) < 4.78 is 2.08. The maximum Gasteiger partial charge on any atom is 0.222 e. The Hall–Kier alpha value is -2.34. The Kier molecular flexibility index (Phi) is 7.31. The number of carbonyl (C=O) groups excluding carboxylic acids is 1. The van der Waals surface area contributed by atoms with Crippen LogP contribution in [0.3, 0.4) is 0 Å². The van der Waals surface area contributed by atoms with Crippen LogP contribution < -0.4 is 4.90 Å². The van der Waals surface area contributed by atoms with Crippen LogP contribution in [0.2, 0.25) is 0 Å². The average Bonchev–Trinajstić information content (AvgIpc) is 3.09. The van der Waals surface area contributed by atoms with Gasteiger partial charge < -0.3 is 14.7 Å². The Balaban J connectivity index is 2.01. The van der Waals surface area contributed by atoms with Crippen molar-refractivity contribution < 1.29 is 4.79 Å². The average molecular weight is 398 g/mol. The molecule has 6 nitrogen and oxygen atoms in total. The molecule has 1 aromatic carbocycles. The maximum atomic E-state index is 12.5. The molecule has 0 aliphatic carbocycles. The van der Waals surface area contributed by atoms with Crippen molar-refractivity contribution in [2.45, 2.75) is 47.1 Å². The molecule has 1 amide bonds. The second kappa shape index (κ2) is 9.92. The number of para-hydroxylation sites is 1. The molecule has 1 aromatic heterocycles. The first-order valence-corrected chi connectivity index (χ1v) is 11.0. The highest BCUT2D eigenvalue weighted by atomic mass is 16.2. The Labute approximate surface area is 175 Å². The smallest absolute Gasteiger partial charge is 0.222 e. The SMILES string of the molecule is CCCN(Cc1c(C)nn(-c2ccccc2)c1N1CCN(CC)CC1)C(=O)CC. The predicted octanol–water partition coefficient (Wildman–Crippen LogP) is 3.47. The highest BCUT2D eigenvalue weighted by molar-refractivity contribution is 5.76. The van der Waals surface area contributed by atoms with E-state index in [2.05, 4.69) is 59.5 Å². The van der Waals surface area contributed by atoms with Crippen LogP contribution in [0.15, 0.2) is 30.3 Å². The van der Waals surface area contributed by atoms with E-state index >= 15 is 0 Å². The summed E-state index contributed by atoms with van der Waals surface area (Å²) in [6.07, 6.45) is 1.50. The zero-order valence-corrected chi connectivity index (χ0v) is 18.4. The Bertz CT molecular complexity index is 793. The van der Waals surface area contributed by atoms with E-state index in [9.17, 15) is 4.79 Å². The van der Waals surface area contributed by atoms with Crippen LogP contribution in [0.4, 0.5) is 5.82 Å². The van der Waals surface area contributed by atoms with E-state index in [-0.39, 0.29) is 5.91 Å². The second-order valence-electron chi connectivity index (χ2n) is 7.73. The van der Waals surface area contributed by atoms with Gasteiger partial charge in [0.2, 0.25) is 5.91 Å². The van der Waals surface area contributed by atoms with Crippen LogP contribution in [-0.2, 0) is 11.3 Å². The van der Waals surface area contributed by atoms with Gasteiger partial charge in [0, 0.05) is 44.7 Å². The van der Waals surface area contributed by atoms with Gasteiger partial charge in [-0.2, -0.15) is 5.10 Å². The van der Waals surface area contributed by atoms with Gasteiger partial charge in [0.15, 0.2) is 0 Å². The number of rotatable bonds is 8. The molecule has 0 spiro atoms. The number of hydrogen-bond acceptors (Lipinski definition) is 4. The molecule has 0 N–H and O–H groups in total. The van der Waals surface area contributed by atoms with Crippen molar-refractivity contribution in [3.63, 3.8) is 0 Å². The van der Waals surface area contributed by atoms with Gasteiger partial charge in [-0.05, 0) is 32.0 Å². The first-order valence-electron chi connectivity index (χ1n) is 11.0. The summed E-state index contributed by atoms with van der Waals surface area (Å²) >= 11 is 0. The normalized spacial score (nSPS) is 15.0. The number of aromatic nitrogens is 2. The predicted molar refractivity (Wildman–Crippen MR) is 119 cm³/mol. The highest BCUT2D eigenvalue weighted by Crippen LogP contribution is 2.30. The molecule has 1 fully saturated rings. The van der Waals surface area contributed by atoms with E-state index in [0.717, 1.165) is 62.9 Å². The van der Waals surface area contributed by atoms with Gasteiger partial charge in [0.1, 0.15) is 5.82 Å². The highest BCUT2D eigenvalue weighted by Gasteiger charge is 2.27. The molecule has 1 saturated heterocycles. The van der Waals surface area contributed by atoms with E-state index in [0.29, 0.717) is 13.0 Å². The van der Waals surface area contributed by atoms with E-state index in [4.69, 9.17) is 5.10 Å². The summed E-state index contributed by atoms with van der Waals surface area (Å²) in [7, 11) is 0. The Morgan fingerprint density at radius 3 is 2.34 bits per heavy atom. The lowest BCUT2D eigenvalue weighted by Crippen LogP contribution is -2.47. The summed E-state index contributed by atoms with van der Waals surface area (Å²) in [6, 6.07) is 10.3. The summed E-state index contributed by atoms with van der Waals surface area (Å²) in [5, 5.41) is 4.92. The van der Waals surface area contributed by atoms with Crippen LogP contribution in [0.1, 0.15) is 44.9 Å². The molecule has 1 aliphatic rings. The van der Waals surface area contributed by atoms with Gasteiger partial charge in [-0.3, -0.25) is 4.79 Å². The molecule has 0 atom stereocenters. The number of benzene rings is 1. The van der Waals surface area contributed by atoms with Crippen LogP contribution in [-0.4, -0.2) is 64.8 Å². The minimum absolute atomic E-state index is 0.209. The number of hydrogen-bond donors (Lipinski definition) is 0. The molecule has 1 aliphatic heterocycles. The first-order chi connectivity index (χ1) is 14.1. The maximum absolute atomic E-state index is 12.5. The third-order valence-electron chi connectivity index (χ3n) is 5.77. The number of likely N-dealkylation sites (N-methyl/N-ethyl adjacent to an activating group) is 1. The van der Waals surface area contributed by atoms with E-state index in [1.165, 1.54) is 5.56 Å². The van der Waals surface area contributed by atoms with Crippen molar-refractivity contribution in [1.82, 2.24) is 19.6 Å². The summed E-state index contributed by atoms with van der Waals surface area (Å²) in [5.41, 5.74) is 3.25. The van der Waals surface area contributed by atoms with Crippen molar-refractivity contribution in [3.8, 4) is 5.69 Å². The van der Waals surface area contributed by atoms with E-state index in [1.54, 1.807) is 0 Å². The van der Waals surface area contributed by atoms with Crippen molar-refractivity contribution in [2.24, 2.45) is 0 Å². The Morgan fingerprint density at radius 1 is 1.07 bits per heavy atom. The van der Waals surface area contributed by atoms with Gasteiger partial charge in [-0.25, -0.2) is 4.68 Å². The lowest BCUT2D eigenvalue weighted by Gasteiger charge is -2.36. The topological polar surface area (TPSA) is 44.6 Å². The number of amides is 1. The monoisotopic (exact) mass is 397 g/mol. The summed E-state index contributed by atoms with van der Waals surface area (Å²) in [5.74, 6) is 1.36. The molecular weight excluding hydrogens is 362 g/mol. The van der Waals surface area contributed by atoms with Gasteiger partial charge in [0.25, 0.3) is 0 Å². The molecule has 2 heterocycles. The van der Waals surface area contributed by atoms with Gasteiger partial charge in [0.05, 0.1) is 17.9 Å². The van der Waals surface area contributed by atoms with Gasteiger partial charge in [-0.15, -0.1) is 0 Å². The van der Waals surface area contributed by atoms with Crippen LogP contribution in [0.25, 0.3) is 5.69 Å². The molecule has 0 unspecified atom stereocenters. The number of nitrogens with zero attached hydrogens (tertiary/aromatic N) is 5. The zero-order chi connectivity index (χ0) is 20.8. The number of aryl methyl sites for hydroxylation is 1. The first kappa shape index (κ1) is 21.4. The number of piperazine rings is 1. The molecular formula is C23H35N5O. The van der Waals surface area contributed by atoms with Crippen LogP contribution >= 0.6 is 0 Å². The van der Waals surface area contributed by atoms with E-state index < -0.39 is 0 Å². The zero-order valence-electron chi connectivity index (χ0n) is 18.4. The molecule has 0 radical (unpaired) electrons. The van der Waals surface area contributed by atoms with Crippen LogP contribution in [0.5, 0.6) is 0 Å². The molecule has 29 heavy (non-hydrogen) atoms. The van der Waals surface area contributed by atoms with Crippen molar-refractivity contribution in [3.05, 3.63) is 41.6 Å². The van der Waals surface area contributed by atoms with Gasteiger partial charge in [-0.1, -0.05) is 39.0 Å². The van der Waals surface area contributed by atoms with Crippen molar-refractivity contribution >= 4 is 11.7 Å². The lowest BCUT2D eigenvalue weighted by molar-refractivity contribution is -0.131. The fraction of sp³-hybridized carbons (Fsp3) is 0.565. The number of carbonyl (C=O) groups is 1. The minimum atomic E-state index is 0.209. The Morgan fingerprint density at radius 2 is 1.76 bits per heavy atom. The molecule has 6 heteroatoms. The largest absolute Gasteiger partial charge is 0.354 e. The second-order valence-corrected chi connectivity index (χ2v) is 7.73. The van der Waals surface area contributed by atoms with Crippen molar-refractivity contribution in [2.75, 3.05) is 44.2 Å².